The smallest absolute Gasteiger partial charge is 0.354 e. The van der Waals surface area contributed by atoms with Gasteiger partial charge in [0.2, 0.25) is 0 Å². The molecule has 11 heteroatoms. The van der Waals surface area contributed by atoms with Crippen LogP contribution in [0.4, 0.5) is 19.0 Å². The van der Waals surface area contributed by atoms with Crippen molar-refractivity contribution in [3.05, 3.63) is 60.8 Å². The number of H-pyrrole nitrogens is 1. The van der Waals surface area contributed by atoms with E-state index >= 15 is 0 Å². The molecule has 0 unspecified atom stereocenters. The SMILES string of the molecule is C1CC12CC2.CN1CCN(c2ccnc(-c3cnc4ccc(C(F)(F)F)cn34)n2)CC1.c1cn[nH]c1. The first-order chi connectivity index (χ1) is 17.3. The van der Waals surface area contributed by atoms with Crippen molar-refractivity contribution >= 4 is 11.5 Å². The zero-order chi connectivity index (χ0) is 25.2. The Kier molecular flexibility index (Phi) is 6.65. The van der Waals surface area contributed by atoms with Crippen molar-refractivity contribution in [2.24, 2.45) is 5.41 Å². The van der Waals surface area contributed by atoms with Crippen LogP contribution in [-0.4, -0.2) is 67.7 Å². The second-order valence-electron chi connectivity index (χ2n) is 9.58. The van der Waals surface area contributed by atoms with Crippen LogP contribution in [-0.2, 0) is 6.18 Å². The molecular formula is C25H29F3N8. The highest BCUT2D eigenvalue weighted by Crippen LogP contribution is 2.65. The van der Waals surface area contributed by atoms with E-state index in [2.05, 4.69) is 42.0 Å². The van der Waals surface area contributed by atoms with Gasteiger partial charge in [-0.1, -0.05) is 0 Å². The lowest BCUT2D eigenvalue weighted by Crippen LogP contribution is -2.44. The summed E-state index contributed by atoms with van der Waals surface area (Å²) in [4.78, 5) is 17.4. The number of likely N-dealkylation sites (N-methyl/N-ethyl adjacent to an activating group) is 1. The Morgan fingerprint density at radius 1 is 0.944 bits per heavy atom. The van der Waals surface area contributed by atoms with E-state index in [1.807, 2.05) is 12.1 Å². The maximum Gasteiger partial charge on any atom is 0.417 e. The number of alkyl halides is 3. The second kappa shape index (κ2) is 9.88. The summed E-state index contributed by atoms with van der Waals surface area (Å²) in [5.74, 6) is 1.12. The number of rotatable bonds is 2. The molecule has 1 aliphatic heterocycles. The van der Waals surface area contributed by atoms with E-state index in [9.17, 15) is 13.2 Å². The summed E-state index contributed by atoms with van der Waals surface area (Å²) in [6.07, 6.45) is 9.45. The average molecular weight is 499 g/mol. The van der Waals surface area contributed by atoms with E-state index < -0.39 is 11.7 Å². The Balaban J connectivity index is 0.000000217. The Morgan fingerprint density at radius 2 is 1.69 bits per heavy atom. The molecule has 4 aromatic rings. The zero-order valence-corrected chi connectivity index (χ0v) is 20.1. The van der Waals surface area contributed by atoms with Crippen molar-refractivity contribution in [2.75, 3.05) is 38.1 Å². The number of anilines is 1. The van der Waals surface area contributed by atoms with E-state index in [-0.39, 0.29) is 0 Å². The van der Waals surface area contributed by atoms with E-state index in [1.165, 1.54) is 16.7 Å². The summed E-state index contributed by atoms with van der Waals surface area (Å²) in [7, 11) is 2.07. The molecule has 8 nitrogen and oxygen atoms in total. The van der Waals surface area contributed by atoms with Gasteiger partial charge in [-0.05, 0) is 62.4 Å². The van der Waals surface area contributed by atoms with Gasteiger partial charge in [0, 0.05) is 51.0 Å². The Morgan fingerprint density at radius 3 is 2.25 bits per heavy atom. The maximum atomic E-state index is 13.0. The van der Waals surface area contributed by atoms with Crippen LogP contribution in [0, 0.1) is 5.41 Å². The molecule has 1 spiro atoms. The Labute approximate surface area is 207 Å². The van der Waals surface area contributed by atoms with Crippen LogP contribution < -0.4 is 4.90 Å². The predicted molar refractivity (Wildman–Crippen MR) is 130 cm³/mol. The van der Waals surface area contributed by atoms with Gasteiger partial charge in [0.05, 0.1) is 11.8 Å². The molecule has 190 valence electrons. The highest BCUT2D eigenvalue weighted by molar-refractivity contribution is 5.59. The number of aromatic nitrogens is 6. The first-order valence-corrected chi connectivity index (χ1v) is 12.1. The third kappa shape index (κ3) is 5.84. The molecule has 3 aliphatic rings. The number of nitrogens with zero attached hydrogens (tertiary/aromatic N) is 7. The van der Waals surface area contributed by atoms with Crippen molar-refractivity contribution in [2.45, 2.75) is 31.9 Å². The molecule has 0 atom stereocenters. The highest BCUT2D eigenvalue weighted by atomic mass is 19.4. The lowest BCUT2D eigenvalue weighted by Gasteiger charge is -2.33. The molecular weight excluding hydrogens is 469 g/mol. The first kappa shape index (κ1) is 24.2. The van der Waals surface area contributed by atoms with Crippen molar-refractivity contribution in [3.63, 3.8) is 0 Å². The number of halogens is 3. The Hall–Kier alpha value is -3.47. The minimum Gasteiger partial charge on any atom is -0.354 e. The molecule has 1 N–H and O–H groups in total. The molecule has 0 bridgehead atoms. The minimum absolute atomic E-state index is 0.355. The van der Waals surface area contributed by atoms with Crippen LogP contribution in [0.1, 0.15) is 31.2 Å². The third-order valence-corrected chi connectivity index (χ3v) is 6.85. The fourth-order valence-electron chi connectivity index (χ4n) is 4.07. The number of piperazine rings is 1. The summed E-state index contributed by atoms with van der Waals surface area (Å²) >= 11 is 0. The van der Waals surface area contributed by atoms with E-state index in [0.717, 1.165) is 49.7 Å². The molecule has 1 saturated heterocycles. The van der Waals surface area contributed by atoms with Crippen molar-refractivity contribution < 1.29 is 13.2 Å². The molecule has 0 radical (unpaired) electrons. The van der Waals surface area contributed by atoms with E-state index in [0.29, 0.717) is 17.2 Å². The average Bonchev–Trinajstić information content (AvgIpc) is 3.67. The number of hydrogen-bond acceptors (Lipinski definition) is 6. The lowest BCUT2D eigenvalue weighted by atomic mass is 10.2. The molecule has 2 saturated carbocycles. The molecule has 3 fully saturated rings. The van der Waals surface area contributed by atoms with Crippen LogP contribution >= 0.6 is 0 Å². The van der Waals surface area contributed by atoms with Gasteiger partial charge in [-0.25, -0.2) is 15.0 Å². The Bertz CT molecular complexity index is 1240. The summed E-state index contributed by atoms with van der Waals surface area (Å²) in [5.41, 5.74) is 1.11. The van der Waals surface area contributed by atoms with Crippen LogP contribution in [0.5, 0.6) is 0 Å². The zero-order valence-electron chi connectivity index (χ0n) is 20.1. The van der Waals surface area contributed by atoms with Crippen LogP contribution in [0.15, 0.2) is 55.2 Å². The summed E-state index contributed by atoms with van der Waals surface area (Å²) < 4.78 is 40.4. The molecule has 0 aromatic carbocycles. The number of fused-ring (bicyclic) bond motifs is 1. The quantitative estimate of drug-likeness (QED) is 0.438. The van der Waals surface area contributed by atoms with Gasteiger partial charge in [-0.2, -0.15) is 18.3 Å². The lowest BCUT2D eigenvalue weighted by molar-refractivity contribution is -0.137. The maximum absolute atomic E-state index is 13.0. The summed E-state index contributed by atoms with van der Waals surface area (Å²) in [6.45, 7) is 3.56. The summed E-state index contributed by atoms with van der Waals surface area (Å²) in [5, 5.41) is 6.21. The van der Waals surface area contributed by atoms with Gasteiger partial charge in [0.1, 0.15) is 17.2 Å². The minimum atomic E-state index is -4.42. The van der Waals surface area contributed by atoms with Gasteiger partial charge < -0.3 is 9.80 Å². The van der Waals surface area contributed by atoms with Crippen LogP contribution in [0.3, 0.4) is 0 Å². The van der Waals surface area contributed by atoms with Gasteiger partial charge in [0.15, 0.2) is 5.82 Å². The number of hydrogen-bond donors (Lipinski definition) is 1. The topological polar surface area (TPSA) is 78.2 Å². The van der Waals surface area contributed by atoms with Crippen molar-refractivity contribution in [1.29, 1.82) is 0 Å². The van der Waals surface area contributed by atoms with Gasteiger partial charge >= 0.3 is 6.18 Å². The van der Waals surface area contributed by atoms with Gasteiger partial charge in [0.25, 0.3) is 0 Å². The first-order valence-electron chi connectivity index (χ1n) is 12.1. The van der Waals surface area contributed by atoms with Gasteiger partial charge in [-0.15, -0.1) is 0 Å². The normalized spacial score (nSPS) is 18.3. The van der Waals surface area contributed by atoms with Crippen LogP contribution in [0.2, 0.25) is 0 Å². The predicted octanol–water partition coefficient (Wildman–Crippen LogP) is 4.53. The van der Waals surface area contributed by atoms with Gasteiger partial charge in [-0.3, -0.25) is 9.50 Å². The molecule has 2 aliphatic carbocycles. The fourth-order valence-corrected chi connectivity index (χ4v) is 4.07. The van der Waals surface area contributed by atoms with Crippen molar-refractivity contribution in [1.82, 2.24) is 34.4 Å². The van der Waals surface area contributed by atoms with E-state index in [4.69, 9.17) is 0 Å². The fraction of sp³-hybridized carbons (Fsp3) is 0.440. The third-order valence-electron chi connectivity index (χ3n) is 6.85. The standard InChI is InChI=1S/C17H17F3N6.C5H8.C3H4N2/c1-24-6-8-25(9-7-24)15-4-5-21-16(23-15)13-10-22-14-3-2-12(11-26(13)14)17(18,19)20;1-2-5(1)3-4-5;1-2-4-5-3-1/h2-5,10-11H,6-9H2,1H3;1-4H2;1-3H,(H,4,5). The number of nitrogens with one attached hydrogen (secondary N) is 1. The highest BCUT2D eigenvalue weighted by Gasteiger charge is 2.52. The number of aromatic amines is 1. The van der Waals surface area contributed by atoms with Crippen LogP contribution in [0.25, 0.3) is 17.2 Å². The summed E-state index contributed by atoms with van der Waals surface area (Å²) in [6, 6.07) is 6.02. The number of imidazole rings is 1. The molecule has 5 heterocycles. The number of pyridine rings is 1. The van der Waals surface area contributed by atoms with E-state index in [1.54, 1.807) is 44.3 Å². The van der Waals surface area contributed by atoms with Crippen molar-refractivity contribution in [3.8, 4) is 11.5 Å². The molecule has 4 aromatic heterocycles. The molecule has 0 amide bonds. The second-order valence-corrected chi connectivity index (χ2v) is 9.58. The molecule has 7 rings (SSSR count). The molecule has 36 heavy (non-hydrogen) atoms. The largest absolute Gasteiger partial charge is 0.417 e. The monoisotopic (exact) mass is 498 g/mol.